The van der Waals surface area contributed by atoms with Crippen LogP contribution in [0.15, 0.2) is 60.7 Å². The zero-order valence-corrected chi connectivity index (χ0v) is 22.7. The Bertz CT molecular complexity index is 1370. The molecule has 6 bridgehead atoms. The maximum atomic E-state index is 12.9. The van der Waals surface area contributed by atoms with Crippen molar-refractivity contribution < 1.29 is 58.4 Å². The first-order chi connectivity index (χ1) is 20.0. The van der Waals surface area contributed by atoms with Gasteiger partial charge in [-0.1, -0.05) is 36.4 Å². The van der Waals surface area contributed by atoms with Gasteiger partial charge in [0.2, 0.25) is 0 Å². The lowest BCUT2D eigenvalue weighted by atomic mass is 9.41. The van der Waals surface area contributed by atoms with Crippen molar-refractivity contribution in [2.24, 2.45) is 11.3 Å². The number of rotatable bonds is 8. The van der Waals surface area contributed by atoms with E-state index in [4.69, 9.17) is 28.4 Å². The molecule has 2 unspecified atom stereocenters. The van der Waals surface area contributed by atoms with Crippen LogP contribution in [0.4, 0.5) is 0 Å². The van der Waals surface area contributed by atoms with Crippen molar-refractivity contribution in [3.8, 4) is 0 Å². The summed E-state index contributed by atoms with van der Waals surface area (Å²) in [6.45, 7) is 1.12. The highest BCUT2D eigenvalue weighted by atomic mass is 16.8. The van der Waals surface area contributed by atoms with Crippen LogP contribution >= 0.6 is 0 Å². The summed E-state index contributed by atoms with van der Waals surface area (Å²) in [5.74, 6) is -3.25. The Morgan fingerprint density at radius 3 is 2.14 bits per heavy atom. The molecule has 2 aromatic carbocycles. The Hall–Kier alpha value is -2.94. The minimum atomic E-state index is -1.69. The average Bonchev–Trinajstić information content (AvgIpc) is 3.18. The van der Waals surface area contributed by atoms with Crippen LogP contribution in [-0.2, 0) is 28.4 Å². The van der Waals surface area contributed by atoms with Gasteiger partial charge in [-0.25, -0.2) is 9.59 Å². The van der Waals surface area contributed by atoms with E-state index in [0.29, 0.717) is 11.1 Å². The van der Waals surface area contributed by atoms with Crippen LogP contribution in [0.3, 0.4) is 0 Å². The zero-order valence-electron chi connectivity index (χ0n) is 22.7. The average molecular weight is 585 g/mol. The van der Waals surface area contributed by atoms with Gasteiger partial charge < -0.3 is 48.8 Å². The highest BCUT2D eigenvalue weighted by molar-refractivity contribution is 5.89. The molecule has 11 atom stereocenters. The summed E-state index contributed by atoms with van der Waals surface area (Å²) in [6.07, 6.45) is -8.34. The normalized spacial score (nSPS) is 44.5. The van der Waals surface area contributed by atoms with Crippen molar-refractivity contribution in [1.29, 1.82) is 0 Å². The first-order valence-corrected chi connectivity index (χ1v) is 13.9. The van der Waals surface area contributed by atoms with Gasteiger partial charge in [-0.05, 0) is 37.6 Å². The second kappa shape index (κ2) is 9.53. The SMILES string of the molecule is C[C@@]12C[C@@]3(O)OC(O1)C1(COC(=O)c4ccccc4)[C@H]3C[C@]12O[C@@H]1O[C@H](COC(=O)c2ccccc2)[C@@H](O)[C@H](O)[C@H]1O. The Labute approximate surface area is 240 Å². The largest absolute Gasteiger partial charge is 0.461 e. The lowest BCUT2D eigenvalue weighted by molar-refractivity contribution is -0.424. The maximum Gasteiger partial charge on any atom is 0.338 e. The minimum Gasteiger partial charge on any atom is -0.461 e. The molecule has 224 valence electrons. The maximum absolute atomic E-state index is 12.9. The van der Waals surface area contributed by atoms with Crippen molar-refractivity contribution in [3.05, 3.63) is 71.8 Å². The molecule has 42 heavy (non-hydrogen) atoms. The van der Waals surface area contributed by atoms with E-state index in [-0.39, 0.29) is 19.4 Å². The monoisotopic (exact) mass is 584 g/mol. The molecule has 12 nitrogen and oxygen atoms in total. The van der Waals surface area contributed by atoms with E-state index in [1.54, 1.807) is 67.6 Å². The lowest BCUT2D eigenvalue weighted by Crippen LogP contribution is -2.80. The van der Waals surface area contributed by atoms with Gasteiger partial charge in [0.25, 0.3) is 0 Å². The minimum absolute atomic E-state index is 0.0572. The topological polar surface area (TPSA) is 170 Å². The summed E-state index contributed by atoms with van der Waals surface area (Å²) >= 11 is 0. The summed E-state index contributed by atoms with van der Waals surface area (Å²) in [6, 6.07) is 16.7. The quantitative estimate of drug-likeness (QED) is 0.318. The van der Waals surface area contributed by atoms with Crippen LogP contribution in [0.1, 0.15) is 40.5 Å². The predicted octanol–water partition coefficient (Wildman–Crippen LogP) is 0.507. The second-order valence-corrected chi connectivity index (χ2v) is 12.0. The summed E-state index contributed by atoms with van der Waals surface area (Å²) in [7, 11) is 0. The fourth-order valence-electron chi connectivity index (χ4n) is 7.68. The number of carbonyl (C=O) groups is 2. The van der Waals surface area contributed by atoms with Gasteiger partial charge in [-0.15, -0.1) is 0 Å². The Morgan fingerprint density at radius 2 is 1.50 bits per heavy atom. The lowest BCUT2D eigenvalue weighted by Gasteiger charge is -2.67. The molecule has 0 aromatic heterocycles. The Kier molecular flexibility index (Phi) is 6.32. The third kappa shape index (κ3) is 3.70. The van der Waals surface area contributed by atoms with E-state index in [9.17, 15) is 30.0 Å². The summed E-state index contributed by atoms with van der Waals surface area (Å²) < 4.78 is 35.7. The molecule has 0 amide bonds. The van der Waals surface area contributed by atoms with Crippen LogP contribution in [0, 0.1) is 11.3 Å². The molecule has 2 aromatic rings. The van der Waals surface area contributed by atoms with Crippen molar-refractivity contribution in [3.63, 3.8) is 0 Å². The highest BCUT2D eigenvalue weighted by Gasteiger charge is 2.94. The number of hydrogen-bond donors (Lipinski definition) is 4. The van der Waals surface area contributed by atoms with Crippen LogP contribution in [0.5, 0.6) is 0 Å². The molecule has 3 aliphatic carbocycles. The van der Waals surface area contributed by atoms with Gasteiger partial charge >= 0.3 is 11.9 Å². The van der Waals surface area contributed by atoms with Gasteiger partial charge in [-0.2, -0.15) is 0 Å². The molecule has 4 saturated heterocycles. The molecule has 9 rings (SSSR count). The number of aliphatic hydroxyl groups excluding tert-OH is 3. The molecule has 4 N–H and O–H groups in total. The molecular weight excluding hydrogens is 552 g/mol. The van der Waals surface area contributed by atoms with E-state index in [0.717, 1.165) is 0 Å². The van der Waals surface area contributed by atoms with E-state index < -0.39 is 83.9 Å². The second-order valence-electron chi connectivity index (χ2n) is 12.0. The Balaban J connectivity index is 1.13. The zero-order chi connectivity index (χ0) is 29.5. The van der Waals surface area contributed by atoms with Crippen molar-refractivity contribution in [1.82, 2.24) is 0 Å². The molecule has 12 heteroatoms. The van der Waals surface area contributed by atoms with E-state index in [1.807, 2.05) is 0 Å². The summed E-state index contributed by atoms with van der Waals surface area (Å²) in [5.41, 5.74) is -2.88. The number of carbonyl (C=O) groups excluding carboxylic acids is 2. The molecule has 7 fully saturated rings. The number of aliphatic hydroxyl groups is 4. The number of esters is 2. The predicted molar refractivity (Wildman–Crippen MR) is 138 cm³/mol. The van der Waals surface area contributed by atoms with Crippen LogP contribution in [0.25, 0.3) is 0 Å². The van der Waals surface area contributed by atoms with Gasteiger partial charge in [0.15, 0.2) is 18.4 Å². The van der Waals surface area contributed by atoms with Crippen molar-refractivity contribution in [2.45, 2.75) is 73.8 Å². The van der Waals surface area contributed by atoms with E-state index >= 15 is 0 Å². The van der Waals surface area contributed by atoms with Gasteiger partial charge in [0.05, 0.1) is 16.5 Å². The molecule has 0 spiro atoms. The van der Waals surface area contributed by atoms with Crippen molar-refractivity contribution >= 4 is 11.9 Å². The number of benzene rings is 2. The summed E-state index contributed by atoms with van der Waals surface area (Å²) in [5, 5.41) is 43.6. The van der Waals surface area contributed by atoms with Crippen molar-refractivity contribution in [2.75, 3.05) is 13.2 Å². The fraction of sp³-hybridized carbons (Fsp3) is 0.533. The number of ether oxygens (including phenoxy) is 6. The van der Waals surface area contributed by atoms with Crippen LogP contribution in [-0.4, -0.2) is 99.6 Å². The Morgan fingerprint density at radius 1 is 0.881 bits per heavy atom. The van der Waals surface area contributed by atoms with Gasteiger partial charge in [-0.3, -0.25) is 0 Å². The third-order valence-electron chi connectivity index (χ3n) is 9.78. The molecule has 4 heterocycles. The van der Waals surface area contributed by atoms with Gasteiger partial charge in [0.1, 0.15) is 48.8 Å². The highest BCUT2D eigenvalue weighted by Crippen LogP contribution is 2.81. The molecule has 4 aliphatic heterocycles. The first kappa shape index (κ1) is 27.9. The third-order valence-corrected chi connectivity index (χ3v) is 9.78. The molecule has 3 saturated carbocycles. The van der Waals surface area contributed by atoms with Crippen LogP contribution < -0.4 is 0 Å². The number of hydrogen-bond acceptors (Lipinski definition) is 12. The fourth-order valence-corrected chi connectivity index (χ4v) is 7.68. The molecular formula is C30H32O12. The van der Waals surface area contributed by atoms with E-state index in [2.05, 4.69) is 0 Å². The molecule has 7 aliphatic rings. The standard InChI is InChI=1S/C30H32O12/c1-27-14-29(36)19-12-30(27,28(19,26(41-27)42-29)15-38-24(35)17-10-6-3-7-11-17)40-25-22(33)21(32)20(31)18(39-25)13-37-23(34)16-8-4-2-5-9-16/h2-11,18-22,25-26,31-33,36H,12-15H2,1H3/t18-,19-,20-,21+,22-,25+,26?,27+,28?,29-,30-/m1/s1. The van der Waals surface area contributed by atoms with Crippen LogP contribution in [0.2, 0.25) is 0 Å². The van der Waals surface area contributed by atoms with E-state index in [1.165, 1.54) is 0 Å². The molecule has 0 radical (unpaired) electrons. The van der Waals surface area contributed by atoms with Gasteiger partial charge in [0, 0.05) is 12.3 Å². The smallest absolute Gasteiger partial charge is 0.338 e. The summed E-state index contributed by atoms with van der Waals surface area (Å²) in [4.78, 5) is 25.4. The first-order valence-electron chi connectivity index (χ1n) is 13.9.